The molecule has 3 heteroatoms. The number of likely N-dealkylation sites (N-methyl/N-ethyl adjacent to an activating group) is 1. The molecule has 0 aliphatic rings. The minimum Gasteiger partial charge on any atom is -0.463 e. The van der Waals surface area contributed by atoms with Gasteiger partial charge in [-0.05, 0) is 19.9 Å². The summed E-state index contributed by atoms with van der Waals surface area (Å²) in [7, 11) is 1.98. The smallest absolute Gasteiger partial charge is 0.334 e. The van der Waals surface area contributed by atoms with Crippen molar-refractivity contribution in [2.75, 3.05) is 26.7 Å². The van der Waals surface area contributed by atoms with Crippen LogP contribution in [0.1, 0.15) is 20.8 Å². The Labute approximate surface area is 86.7 Å². The minimum atomic E-state index is -0.289. The van der Waals surface area contributed by atoms with Crippen LogP contribution < -0.4 is 0 Å². The van der Waals surface area contributed by atoms with Crippen molar-refractivity contribution in [2.45, 2.75) is 20.8 Å². The fourth-order valence-corrected chi connectivity index (χ4v) is 1.31. The molecular weight excluding hydrogens is 178 g/mol. The Hall–Kier alpha value is -0.830. The third-order valence-corrected chi connectivity index (χ3v) is 1.70. The van der Waals surface area contributed by atoms with E-state index in [9.17, 15) is 4.79 Å². The van der Waals surface area contributed by atoms with Gasteiger partial charge in [0.15, 0.2) is 0 Å². The summed E-state index contributed by atoms with van der Waals surface area (Å²) in [4.78, 5) is 13.3. The molecule has 3 nitrogen and oxygen atoms in total. The van der Waals surface area contributed by atoms with Crippen LogP contribution >= 0.6 is 0 Å². The molecule has 14 heavy (non-hydrogen) atoms. The maximum atomic E-state index is 11.2. The van der Waals surface area contributed by atoms with Crippen molar-refractivity contribution in [3.8, 4) is 0 Å². The lowest BCUT2D eigenvalue weighted by atomic mass is 10.2. The molecule has 0 spiro atoms. The number of nitrogens with zero attached hydrogens (tertiary/aromatic N) is 1. The normalized spacial score (nSPS) is 10.7. The summed E-state index contributed by atoms with van der Waals surface area (Å²) in [6.07, 6.45) is 0. The van der Waals surface area contributed by atoms with Crippen LogP contribution in [0.2, 0.25) is 0 Å². The Bertz CT molecular complexity index is 199. The molecule has 0 aromatic heterocycles. The van der Waals surface area contributed by atoms with E-state index in [0.29, 0.717) is 24.6 Å². The fourth-order valence-electron chi connectivity index (χ4n) is 1.31. The highest BCUT2D eigenvalue weighted by Gasteiger charge is 2.10. The quantitative estimate of drug-likeness (QED) is 0.481. The number of esters is 1. The number of carbonyl (C=O) groups excluding carboxylic acids is 1. The molecule has 0 saturated carbocycles. The van der Waals surface area contributed by atoms with E-state index < -0.39 is 0 Å². The van der Waals surface area contributed by atoms with Crippen molar-refractivity contribution >= 4 is 5.97 Å². The first-order valence-corrected chi connectivity index (χ1v) is 5.00. The van der Waals surface area contributed by atoms with Crippen molar-refractivity contribution in [3.05, 3.63) is 12.2 Å². The van der Waals surface area contributed by atoms with E-state index in [-0.39, 0.29) is 5.97 Å². The number of rotatable bonds is 6. The van der Waals surface area contributed by atoms with Crippen molar-refractivity contribution in [1.29, 1.82) is 0 Å². The van der Waals surface area contributed by atoms with E-state index in [4.69, 9.17) is 4.74 Å². The van der Waals surface area contributed by atoms with E-state index in [2.05, 4.69) is 25.3 Å². The van der Waals surface area contributed by atoms with Gasteiger partial charge in [-0.25, -0.2) is 4.79 Å². The molecule has 0 bridgehead atoms. The fraction of sp³-hybridized carbons (Fsp3) is 0.727. The highest BCUT2D eigenvalue weighted by molar-refractivity contribution is 5.88. The molecule has 0 aliphatic carbocycles. The van der Waals surface area contributed by atoms with Crippen LogP contribution in [0.4, 0.5) is 0 Å². The second kappa shape index (κ2) is 6.60. The summed E-state index contributed by atoms with van der Waals surface area (Å²) < 4.78 is 4.84. The van der Waals surface area contributed by atoms with E-state index in [1.807, 2.05) is 7.05 Å². The van der Waals surface area contributed by atoms with Crippen LogP contribution in [0.15, 0.2) is 12.2 Å². The Morgan fingerprint density at radius 2 is 2.07 bits per heavy atom. The Morgan fingerprint density at radius 1 is 1.50 bits per heavy atom. The number of carbonyl (C=O) groups is 1. The van der Waals surface area contributed by atoms with Crippen LogP contribution in [-0.2, 0) is 9.53 Å². The summed E-state index contributed by atoms with van der Waals surface area (Å²) >= 11 is 0. The lowest BCUT2D eigenvalue weighted by molar-refractivity contribution is -0.138. The lowest BCUT2D eigenvalue weighted by Gasteiger charge is -2.19. The van der Waals surface area contributed by atoms with Gasteiger partial charge in [0.2, 0.25) is 0 Å². The largest absolute Gasteiger partial charge is 0.463 e. The molecule has 82 valence electrons. The summed E-state index contributed by atoms with van der Waals surface area (Å²) in [5, 5.41) is 0. The number of hydrogen-bond acceptors (Lipinski definition) is 3. The lowest BCUT2D eigenvalue weighted by Crippen LogP contribution is -2.27. The first kappa shape index (κ1) is 13.2. The molecule has 0 unspecified atom stereocenters. The van der Waals surface area contributed by atoms with Gasteiger partial charge in [-0.15, -0.1) is 0 Å². The number of ether oxygens (including phenoxy) is 1. The van der Waals surface area contributed by atoms with Crippen molar-refractivity contribution in [1.82, 2.24) is 4.90 Å². The second-order valence-corrected chi connectivity index (χ2v) is 3.91. The van der Waals surface area contributed by atoms with E-state index >= 15 is 0 Å². The predicted octanol–water partition coefficient (Wildman–Crippen LogP) is 1.69. The van der Waals surface area contributed by atoms with Gasteiger partial charge < -0.3 is 9.64 Å². The van der Waals surface area contributed by atoms with Crippen LogP contribution in [0, 0.1) is 5.92 Å². The summed E-state index contributed by atoms with van der Waals surface area (Å²) in [6, 6.07) is 0. The predicted molar refractivity (Wildman–Crippen MR) is 58.1 cm³/mol. The molecule has 0 aromatic carbocycles. The molecule has 0 amide bonds. The highest BCUT2D eigenvalue weighted by atomic mass is 16.5. The van der Waals surface area contributed by atoms with Crippen LogP contribution in [0.25, 0.3) is 0 Å². The van der Waals surface area contributed by atoms with Crippen LogP contribution in [-0.4, -0.2) is 37.6 Å². The first-order valence-electron chi connectivity index (χ1n) is 5.00. The first-order chi connectivity index (χ1) is 6.47. The number of hydrogen-bond donors (Lipinski definition) is 0. The van der Waals surface area contributed by atoms with E-state index in [1.54, 1.807) is 6.92 Å². The molecule has 0 radical (unpaired) electrons. The average Bonchev–Trinajstić information content (AvgIpc) is 2.02. The zero-order valence-corrected chi connectivity index (χ0v) is 9.67. The Morgan fingerprint density at radius 3 is 2.50 bits per heavy atom. The van der Waals surface area contributed by atoms with Gasteiger partial charge in [-0.3, -0.25) is 0 Å². The van der Waals surface area contributed by atoms with Crippen LogP contribution in [0.3, 0.4) is 0 Å². The molecule has 0 aliphatic heterocycles. The van der Waals surface area contributed by atoms with Crippen molar-refractivity contribution in [3.63, 3.8) is 0 Å². The molecule has 0 fully saturated rings. The summed E-state index contributed by atoms with van der Waals surface area (Å²) in [6.45, 7) is 11.7. The van der Waals surface area contributed by atoms with Gasteiger partial charge in [0.25, 0.3) is 0 Å². The molecule has 0 saturated heterocycles. The van der Waals surface area contributed by atoms with Crippen molar-refractivity contribution in [2.24, 2.45) is 5.92 Å². The summed E-state index contributed by atoms with van der Waals surface area (Å²) in [5.74, 6) is 0.304. The second-order valence-electron chi connectivity index (χ2n) is 3.91. The molecule has 0 atom stereocenters. The molecular formula is C11H21NO2. The highest BCUT2D eigenvalue weighted by Crippen LogP contribution is 2.01. The third-order valence-electron chi connectivity index (χ3n) is 1.70. The van der Waals surface area contributed by atoms with Gasteiger partial charge in [0.05, 0.1) is 6.61 Å². The third kappa shape index (κ3) is 5.75. The molecule has 0 rings (SSSR count). The SMILES string of the molecule is C=C(CN(C)CC(C)C)C(=O)OCC. The maximum Gasteiger partial charge on any atom is 0.334 e. The molecule has 0 aromatic rings. The van der Waals surface area contributed by atoms with Gasteiger partial charge in [-0.2, -0.15) is 0 Å². The van der Waals surface area contributed by atoms with Gasteiger partial charge >= 0.3 is 5.97 Å². The van der Waals surface area contributed by atoms with Gasteiger partial charge in [0, 0.05) is 18.7 Å². The topological polar surface area (TPSA) is 29.5 Å². The Kier molecular flexibility index (Phi) is 6.21. The zero-order valence-electron chi connectivity index (χ0n) is 9.67. The standard InChI is InChI=1S/C11H21NO2/c1-6-14-11(13)10(4)8-12(5)7-9(2)3/h9H,4,6-8H2,1-3,5H3. The van der Waals surface area contributed by atoms with Crippen molar-refractivity contribution < 1.29 is 9.53 Å². The van der Waals surface area contributed by atoms with E-state index in [0.717, 1.165) is 6.54 Å². The van der Waals surface area contributed by atoms with E-state index in [1.165, 1.54) is 0 Å². The summed E-state index contributed by atoms with van der Waals surface area (Å²) in [5.41, 5.74) is 0.523. The van der Waals surface area contributed by atoms with Gasteiger partial charge in [0.1, 0.15) is 0 Å². The average molecular weight is 199 g/mol. The minimum absolute atomic E-state index is 0.289. The molecule has 0 N–H and O–H groups in total. The van der Waals surface area contributed by atoms with Gasteiger partial charge in [-0.1, -0.05) is 20.4 Å². The zero-order chi connectivity index (χ0) is 11.1. The van der Waals surface area contributed by atoms with Crippen LogP contribution in [0.5, 0.6) is 0 Å². The maximum absolute atomic E-state index is 11.2. The monoisotopic (exact) mass is 199 g/mol. The molecule has 0 heterocycles. The Balaban J connectivity index is 3.87.